The van der Waals surface area contributed by atoms with Crippen LogP contribution in [-0.2, 0) is 11.3 Å². The van der Waals surface area contributed by atoms with Gasteiger partial charge in [0.15, 0.2) is 0 Å². The van der Waals surface area contributed by atoms with Crippen LogP contribution in [0.2, 0.25) is 0 Å². The van der Waals surface area contributed by atoms with Crippen LogP contribution in [0.3, 0.4) is 0 Å². The zero-order valence-electron chi connectivity index (χ0n) is 16.8. The van der Waals surface area contributed by atoms with Crippen molar-refractivity contribution in [3.63, 3.8) is 0 Å². The number of carboxylic acid groups (broad SMARTS) is 1. The fourth-order valence-electron chi connectivity index (χ4n) is 3.91. The lowest BCUT2D eigenvalue weighted by Crippen LogP contribution is -2.39. The molecule has 0 aromatic heterocycles. The average Bonchev–Trinajstić information content (AvgIpc) is 2.66. The lowest BCUT2D eigenvalue weighted by molar-refractivity contribution is -0.139. The summed E-state index contributed by atoms with van der Waals surface area (Å²) in [5, 5.41) is 9.57. The summed E-state index contributed by atoms with van der Waals surface area (Å²) in [6.07, 6.45) is 3.35. The van der Waals surface area contributed by atoms with E-state index in [2.05, 4.69) is 62.1 Å². The molecule has 3 heteroatoms. The minimum absolute atomic E-state index is 0.0134. The third kappa shape index (κ3) is 6.84. The van der Waals surface area contributed by atoms with Gasteiger partial charge in [-0.2, -0.15) is 0 Å². The lowest BCUT2D eigenvalue weighted by Gasteiger charge is -2.37. The maximum atomic E-state index is 11.6. The summed E-state index contributed by atoms with van der Waals surface area (Å²) in [5.74, 6) is -0.206. The lowest BCUT2D eigenvalue weighted by atomic mass is 9.92. The molecule has 1 N–H and O–H groups in total. The molecule has 0 radical (unpaired) electrons. The highest BCUT2D eigenvalue weighted by molar-refractivity contribution is 5.67. The molecule has 0 heterocycles. The van der Waals surface area contributed by atoms with Gasteiger partial charge in [0, 0.05) is 18.6 Å². The Bertz CT molecular complexity index is 671. The molecular weight excluding hydrogens is 334 g/mol. The van der Waals surface area contributed by atoms with Gasteiger partial charge in [-0.25, -0.2) is 0 Å². The third-order valence-corrected chi connectivity index (χ3v) is 5.32. The molecule has 2 rings (SSSR count). The number of aliphatic carboxylic acids is 1. The molecule has 27 heavy (non-hydrogen) atoms. The van der Waals surface area contributed by atoms with Gasteiger partial charge in [0.1, 0.15) is 0 Å². The molecule has 0 amide bonds. The van der Waals surface area contributed by atoms with Crippen LogP contribution in [0.1, 0.15) is 63.6 Å². The van der Waals surface area contributed by atoms with Crippen LogP contribution in [0.4, 0.5) is 0 Å². The molecule has 0 fully saturated rings. The van der Waals surface area contributed by atoms with E-state index in [9.17, 15) is 9.90 Å². The maximum Gasteiger partial charge on any atom is 0.304 e. The van der Waals surface area contributed by atoms with Crippen LogP contribution in [0.15, 0.2) is 60.7 Å². The van der Waals surface area contributed by atoms with Crippen LogP contribution in [0, 0.1) is 5.92 Å². The van der Waals surface area contributed by atoms with Gasteiger partial charge in [0.2, 0.25) is 0 Å². The SMILES string of the molecule is CCC[C@@H](C)C[C@@H](CC(=O)O)N(Cc1ccccc1)[C@@H](C)c1ccccc1. The van der Waals surface area contributed by atoms with Crippen molar-refractivity contribution in [2.45, 2.75) is 65.1 Å². The minimum Gasteiger partial charge on any atom is -0.481 e. The average molecular weight is 368 g/mol. The van der Waals surface area contributed by atoms with Crippen molar-refractivity contribution in [3.05, 3.63) is 71.8 Å². The predicted octanol–water partition coefficient (Wildman–Crippen LogP) is 5.92. The molecule has 146 valence electrons. The number of rotatable bonds is 11. The Kier molecular flexibility index (Phi) is 8.53. The molecule has 0 aliphatic heterocycles. The van der Waals surface area contributed by atoms with Crippen molar-refractivity contribution in [2.75, 3.05) is 0 Å². The second-order valence-corrected chi connectivity index (χ2v) is 7.63. The van der Waals surface area contributed by atoms with Crippen molar-refractivity contribution in [3.8, 4) is 0 Å². The summed E-state index contributed by atoms with van der Waals surface area (Å²) in [5.41, 5.74) is 2.45. The van der Waals surface area contributed by atoms with Gasteiger partial charge >= 0.3 is 5.97 Å². The molecule has 0 bridgehead atoms. The van der Waals surface area contributed by atoms with E-state index in [0.29, 0.717) is 5.92 Å². The highest BCUT2D eigenvalue weighted by atomic mass is 16.4. The molecule has 0 aliphatic carbocycles. The highest BCUT2D eigenvalue weighted by Crippen LogP contribution is 2.30. The van der Waals surface area contributed by atoms with E-state index in [4.69, 9.17) is 0 Å². The first-order valence-electron chi connectivity index (χ1n) is 10.1. The molecule has 2 aromatic rings. The summed E-state index contributed by atoms with van der Waals surface area (Å²) in [6, 6.07) is 20.9. The first-order chi connectivity index (χ1) is 13.0. The monoisotopic (exact) mass is 367 g/mol. The second kappa shape index (κ2) is 10.9. The summed E-state index contributed by atoms with van der Waals surface area (Å²) < 4.78 is 0. The molecule has 2 aromatic carbocycles. The molecule has 0 spiro atoms. The van der Waals surface area contributed by atoms with Crippen molar-refractivity contribution >= 4 is 5.97 Å². The molecule has 0 unspecified atom stereocenters. The first-order valence-corrected chi connectivity index (χ1v) is 10.1. The molecule has 0 aliphatic rings. The van der Waals surface area contributed by atoms with Gasteiger partial charge in [-0.15, -0.1) is 0 Å². The Labute approximate surface area is 164 Å². The van der Waals surface area contributed by atoms with Crippen LogP contribution in [0.25, 0.3) is 0 Å². The van der Waals surface area contributed by atoms with E-state index in [0.717, 1.165) is 25.8 Å². The topological polar surface area (TPSA) is 40.5 Å². The Balaban J connectivity index is 2.32. The highest BCUT2D eigenvalue weighted by Gasteiger charge is 2.28. The van der Waals surface area contributed by atoms with Gasteiger partial charge in [0.05, 0.1) is 6.42 Å². The molecular formula is C24H33NO2. The molecule has 3 atom stereocenters. The normalized spacial score (nSPS) is 14.7. The van der Waals surface area contributed by atoms with Crippen molar-refractivity contribution < 1.29 is 9.90 Å². The quantitative estimate of drug-likeness (QED) is 0.536. The Morgan fingerprint density at radius 2 is 1.59 bits per heavy atom. The van der Waals surface area contributed by atoms with Gasteiger partial charge < -0.3 is 5.11 Å². The second-order valence-electron chi connectivity index (χ2n) is 7.63. The zero-order valence-corrected chi connectivity index (χ0v) is 16.8. The van der Waals surface area contributed by atoms with Crippen molar-refractivity contribution in [1.82, 2.24) is 4.90 Å². The molecule has 0 saturated carbocycles. The Morgan fingerprint density at radius 1 is 1.00 bits per heavy atom. The standard InChI is InChI=1S/C24H33NO2/c1-4-11-19(2)16-23(17-24(26)27)25(18-21-12-7-5-8-13-21)20(3)22-14-9-6-10-15-22/h5-10,12-15,19-20,23H,4,11,16-18H2,1-3H3,(H,26,27)/t19-,20+,23+/m1/s1. The van der Waals surface area contributed by atoms with Gasteiger partial charge in [0.25, 0.3) is 0 Å². The summed E-state index contributed by atoms with van der Waals surface area (Å²) in [6.45, 7) is 7.38. The fraction of sp³-hybridized carbons (Fsp3) is 0.458. The van der Waals surface area contributed by atoms with Gasteiger partial charge in [-0.05, 0) is 30.4 Å². The van der Waals surface area contributed by atoms with E-state index in [1.807, 2.05) is 24.3 Å². The van der Waals surface area contributed by atoms with Crippen LogP contribution in [0.5, 0.6) is 0 Å². The van der Waals surface area contributed by atoms with Gasteiger partial charge in [-0.3, -0.25) is 9.69 Å². The number of nitrogens with zero attached hydrogens (tertiary/aromatic N) is 1. The summed E-state index contributed by atoms with van der Waals surface area (Å²) in [4.78, 5) is 14.0. The maximum absolute atomic E-state index is 11.6. The summed E-state index contributed by atoms with van der Waals surface area (Å²) >= 11 is 0. The molecule has 0 saturated heterocycles. The fourth-order valence-corrected chi connectivity index (χ4v) is 3.91. The number of hydrogen-bond acceptors (Lipinski definition) is 2. The van der Waals surface area contributed by atoms with E-state index >= 15 is 0 Å². The number of carboxylic acids is 1. The number of hydrogen-bond donors (Lipinski definition) is 1. The van der Waals surface area contributed by atoms with Crippen LogP contribution in [-0.4, -0.2) is 22.0 Å². The zero-order chi connectivity index (χ0) is 19.6. The van der Waals surface area contributed by atoms with E-state index in [1.54, 1.807) is 0 Å². The number of benzene rings is 2. The number of carbonyl (C=O) groups is 1. The van der Waals surface area contributed by atoms with E-state index < -0.39 is 5.97 Å². The first kappa shape index (κ1) is 21.2. The smallest absolute Gasteiger partial charge is 0.304 e. The van der Waals surface area contributed by atoms with Crippen molar-refractivity contribution in [2.24, 2.45) is 5.92 Å². The third-order valence-electron chi connectivity index (χ3n) is 5.32. The Morgan fingerprint density at radius 3 is 2.15 bits per heavy atom. The van der Waals surface area contributed by atoms with Crippen LogP contribution >= 0.6 is 0 Å². The van der Waals surface area contributed by atoms with Crippen molar-refractivity contribution in [1.29, 1.82) is 0 Å². The largest absolute Gasteiger partial charge is 0.481 e. The summed E-state index contributed by atoms with van der Waals surface area (Å²) in [7, 11) is 0. The van der Waals surface area contributed by atoms with Gasteiger partial charge in [-0.1, -0.05) is 87.4 Å². The van der Waals surface area contributed by atoms with E-state index in [-0.39, 0.29) is 18.5 Å². The van der Waals surface area contributed by atoms with E-state index in [1.165, 1.54) is 11.1 Å². The molecule has 3 nitrogen and oxygen atoms in total. The minimum atomic E-state index is -0.720. The Hall–Kier alpha value is -2.13. The predicted molar refractivity (Wildman–Crippen MR) is 112 cm³/mol. The van der Waals surface area contributed by atoms with Crippen LogP contribution < -0.4 is 0 Å².